The standard InChI is InChI=1S/C48H99N/c1-4-7-10-13-16-19-22-23-24-25-26-27-28-29-30-31-32-33-36-39-42-45-48-49(46-43-40-37-34-20-17-14-11-8-5-2)47-44-41-38-35-21-18-15-12-9-6-3/h4-48H2,1-3H3. The lowest BCUT2D eigenvalue weighted by molar-refractivity contribution is 0.254. The second-order valence-corrected chi connectivity index (χ2v) is 16.6. The van der Waals surface area contributed by atoms with Crippen molar-refractivity contribution in [3.8, 4) is 0 Å². The summed E-state index contributed by atoms with van der Waals surface area (Å²) in [6.45, 7) is 11.1. The molecule has 0 aliphatic heterocycles. The smallest absolute Gasteiger partial charge is 0.00187 e. The molecule has 0 fully saturated rings. The number of hydrogen-bond donors (Lipinski definition) is 0. The summed E-state index contributed by atoms with van der Waals surface area (Å²) in [5.74, 6) is 0. The Labute approximate surface area is 314 Å². The molecule has 296 valence electrons. The molecule has 0 unspecified atom stereocenters. The largest absolute Gasteiger partial charge is 0.303 e. The number of hydrogen-bond acceptors (Lipinski definition) is 1. The van der Waals surface area contributed by atoms with Crippen LogP contribution in [0.5, 0.6) is 0 Å². The SMILES string of the molecule is CCCCCCCCCCCCCCCCCCCCCCCCN(CCCCCCCCCCCC)CCCCCCCCCCCC. The first-order valence-electron chi connectivity index (χ1n) is 24.1. The van der Waals surface area contributed by atoms with Gasteiger partial charge in [-0.05, 0) is 38.9 Å². The van der Waals surface area contributed by atoms with Crippen molar-refractivity contribution in [2.45, 2.75) is 290 Å². The fourth-order valence-electron chi connectivity index (χ4n) is 7.93. The van der Waals surface area contributed by atoms with Crippen LogP contribution in [0.1, 0.15) is 290 Å². The number of rotatable bonds is 45. The molecule has 0 atom stereocenters. The van der Waals surface area contributed by atoms with Crippen LogP contribution in [0.2, 0.25) is 0 Å². The van der Waals surface area contributed by atoms with Crippen LogP contribution in [-0.2, 0) is 0 Å². The van der Waals surface area contributed by atoms with Gasteiger partial charge in [0, 0.05) is 0 Å². The van der Waals surface area contributed by atoms with E-state index in [0.717, 1.165) is 0 Å². The summed E-state index contributed by atoms with van der Waals surface area (Å²) in [4.78, 5) is 2.87. The van der Waals surface area contributed by atoms with Gasteiger partial charge >= 0.3 is 0 Å². The van der Waals surface area contributed by atoms with Gasteiger partial charge in [-0.25, -0.2) is 0 Å². The van der Waals surface area contributed by atoms with E-state index in [2.05, 4.69) is 25.7 Å². The first-order valence-corrected chi connectivity index (χ1v) is 24.1. The van der Waals surface area contributed by atoms with Crippen molar-refractivity contribution in [1.82, 2.24) is 4.90 Å². The zero-order valence-corrected chi connectivity index (χ0v) is 35.3. The normalized spacial score (nSPS) is 11.8. The third-order valence-electron chi connectivity index (χ3n) is 11.5. The van der Waals surface area contributed by atoms with Crippen LogP contribution in [0.15, 0.2) is 0 Å². The predicted molar refractivity (Wildman–Crippen MR) is 227 cm³/mol. The van der Waals surface area contributed by atoms with Crippen molar-refractivity contribution in [2.75, 3.05) is 19.6 Å². The Kier molecular flexibility index (Phi) is 45.9. The lowest BCUT2D eigenvalue weighted by Crippen LogP contribution is -2.27. The van der Waals surface area contributed by atoms with Crippen LogP contribution in [0.4, 0.5) is 0 Å². The summed E-state index contributed by atoms with van der Waals surface area (Å²) in [6, 6.07) is 0. The highest BCUT2D eigenvalue weighted by Crippen LogP contribution is 2.17. The monoisotopic (exact) mass is 690 g/mol. The zero-order chi connectivity index (χ0) is 35.4. The molecule has 0 aromatic heterocycles. The van der Waals surface area contributed by atoms with E-state index in [1.54, 1.807) is 0 Å². The molecule has 0 N–H and O–H groups in total. The Morgan fingerprint density at radius 3 is 0.429 bits per heavy atom. The first-order chi connectivity index (χ1) is 24.3. The van der Waals surface area contributed by atoms with Gasteiger partial charge in [0.25, 0.3) is 0 Å². The summed E-state index contributed by atoms with van der Waals surface area (Å²) in [5, 5.41) is 0. The molecule has 0 rings (SSSR count). The molecule has 0 aromatic carbocycles. The highest BCUT2D eigenvalue weighted by atomic mass is 15.1. The minimum Gasteiger partial charge on any atom is -0.303 e. The van der Waals surface area contributed by atoms with E-state index in [4.69, 9.17) is 0 Å². The third-order valence-corrected chi connectivity index (χ3v) is 11.5. The highest BCUT2D eigenvalue weighted by Gasteiger charge is 2.05. The van der Waals surface area contributed by atoms with Crippen molar-refractivity contribution in [3.63, 3.8) is 0 Å². The summed E-state index contributed by atoms with van der Waals surface area (Å²) in [6.07, 6.45) is 61.6. The van der Waals surface area contributed by atoms with Gasteiger partial charge in [0.05, 0.1) is 0 Å². The van der Waals surface area contributed by atoms with E-state index in [1.165, 1.54) is 289 Å². The molecule has 0 bridgehead atoms. The van der Waals surface area contributed by atoms with Gasteiger partial charge in [0.1, 0.15) is 0 Å². The van der Waals surface area contributed by atoms with Crippen LogP contribution in [-0.4, -0.2) is 24.5 Å². The van der Waals surface area contributed by atoms with E-state index in [-0.39, 0.29) is 0 Å². The maximum absolute atomic E-state index is 2.87. The van der Waals surface area contributed by atoms with Crippen molar-refractivity contribution in [3.05, 3.63) is 0 Å². The van der Waals surface area contributed by atoms with E-state index in [0.29, 0.717) is 0 Å². The fraction of sp³-hybridized carbons (Fsp3) is 1.00. The van der Waals surface area contributed by atoms with Gasteiger partial charge in [-0.1, -0.05) is 271 Å². The van der Waals surface area contributed by atoms with Gasteiger partial charge in [0.15, 0.2) is 0 Å². The van der Waals surface area contributed by atoms with Crippen molar-refractivity contribution < 1.29 is 0 Å². The Bertz CT molecular complexity index is 519. The molecule has 0 saturated heterocycles. The van der Waals surface area contributed by atoms with E-state index in [1.807, 2.05) is 0 Å². The van der Waals surface area contributed by atoms with Crippen molar-refractivity contribution >= 4 is 0 Å². The van der Waals surface area contributed by atoms with Crippen LogP contribution in [0.3, 0.4) is 0 Å². The van der Waals surface area contributed by atoms with Crippen LogP contribution in [0.25, 0.3) is 0 Å². The lowest BCUT2D eigenvalue weighted by atomic mass is 10.0. The summed E-state index contributed by atoms with van der Waals surface area (Å²) in [7, 11) is 0. The maximum Gasteiger partial charge on any atom is -0.00187 e. The average Bonchev–Trinajstić information content (AvgIpc) is 3.11. The molecular weight excluding hydrogens is 591 g/mol. The fourth-order valence-corrected chi connectivity index (χ4v) is 7.93. The molecule has 0 amide bonds. The average molecular weight is 690 g/mol. The number of nitrogens with zero attached hydrogens (tertiary/aromatic N) is 1. The van der Waals surface area contributed by atoms with Gasteiger partial charge in [-0.2, -0.15) is 0 Å². The van der Waals surface area contributed by atoms with Crippen LogP contribution >= 0.6 is 0 Å². The molecule has 0 saturated carbocycles. The molecule has 1 nitrogen and oxygen atoms in total. The topological polar surface area (TPSA) is 3.24 Å². The minimum absolute atomic E-state index is 1.37. The Hall–Kier alpha value is -0.0400. The molecule has 0 aliphatic rings. The highest BCUT2D eigenvalue weighted by molar-refractivity contribution is 4.61. The van der Waals surface area contributed by atoms with Gasteiger partial charge < -0.3 is 4.90 Å². The van der Waals surface area contributed by atoms with Crippen LogP contribution < -0.4 is 0 Å². The summed E-state index contributed by atoms with van der Waals surface area (Å²) in [5.41, 5.74) is 0. The Balaban J connectivity index is 3.74. The molecule has 49 heavy (non-hydrogen) atoms. The Morgan fingerprint density at radius 2 is 0.286 bits per heavy atom. The van der Waals surface area contributed by atoms with Crippen LogP contribution in [0, 0.1) is 0 Å². The Morgan fingerprint density at radius 1 is 0.163 bits per heavy atom. The van der Waals surface area contributed by atoms with E-state index >= 15 is 0 Å². The van der Waals surface area contributed by atoms with E-state index in [9.17, 15) is 0 Å². The van der Waals surface area contributed by atoms with Gasteiger partial charge in [0.2, 0.25) is 0 Å². The molecule has 1 heteroatoms. The van der Waals surface area contributed by atoms with Crippen molar-refractivity contribution in [1.29, 1.82) is 0 Å². The quantitative estimate of drug-likeness (QED) is 0.0575. The third kappa shape index (κ3) is 44.0. The summed E-state index contributed by atoms with van der Waals surface area (Å²) < 4.78 is 0. The zero-order valence-electron chi connectivity index (χ0n) is 35.3. The van der Waals surface area contributed by atoms with Crippen molar-refractivity contribution in [2.24, 2.45) is 0 Å². The molecular formula is C48H99N. The summed E-state index contributed by atoms with van der Waals surface area (Å²) >= 11 is 0. The second-order valence-electron chi connectivity index (χ2n) is 16.6. The molecule has 0 aliphatic carbocycles. The second kappa shape index (κ2) is 46.0. The molecule has 0 heterocycles. The maximum atomic E-state index is 2.87. The van der Waals surface area contributed by atoms with E-state index < -0.39 is 0 Å². The molecule has 0 radical (unpaired) electrons. The van der Waals surface area contributed by atoms with Gasteiger partial charge in [-0.3, -0.25) is 0 Å². The lowest BCUT2D eigenvalue weighted by Gasteiger charge is -2.22. The minimum atomic E-state index is 1.37. The molecule has 0 spiro atoms. The van der Waals surface area contributed by atoms with Gasteiger partial charge in [-0.15, -0.1) is 0 Å². The molecule has 0 aromatic rings. The first kappa shape index (κ1) is 49.0. The number of unbranched alkanes of at least 4 members (excludes halogenated alkanes) is 39. The predicted octanol–water partition coefficient (Wildman–Crippen LogP) is 17.7.